The van der Waals surface area contributed by atoms with Crippen molar-refractivity contribution in [2.45, 2.75) is 6.42 Å². The summed E-state index contributed by atoms with van der Waals surface area (Å²) in [5, 5.41) is -1.04. The number of hydrogen-bond donors (Lipinski definition) is 0. The Morgan fingerprint density at radius 1 is 1.26 bits per heavy atom. The molecule has 7 heteroatoms. The van der Waals surface area contributed by atoms with Crippen LogP contribution in [0, 0.1) is 5.92 Å². The number of amides is 1. The van der Waals surface area contributed by atoms with E-state index in [-0.39, 0.29) is 29.5 Å². The first-order valence-electron chi connectivity index (χ1n) is 5.39. The van der Waals surface area contributed by atoms with E-state index in [1.807, 2.05) is 0 Å². The zero-order valence-corrected chi connectivity index (χ0v) is 11.8. The van der Waals surface area contributed by atoms with Crippen LogP contribution in [0.15, 0.2) is 18.2 Å². The summed E-state index contributed by atoms with van der Waals surface area (Å²) >= 11 is 16.7. The Kier molecular flexibility index (Phi) is 4.13. The Hall–Kier alpha value is -1.10. The van der Waals surface area contributed by atoms with Crippen LogP contribution in [0.1, 0.15) is 16.8 Å². The minimum absolute atomic E-state index is 0.0795. The molecule has 0 N–H and O–H groups in total. The molecule has 100 valence electrons. The summed E-state index contributed by atoms with van der Waals surface area (Å²) in [4.78, 5) is 35.3. The Balaban J connectivity index is 2.28. The van der Waals surface area contributed by atoms with Gasteiger partial charge in [-0.3, -0.25) is 14.4 Å². The lowest BCUT2D eigenvalue weighted by Crippen LogP contribution is -2.25. The van der Waals surface area contributed by atoms with Crippen molar-refractivity contribution in [1.29, 1.82) is 0 Å². The summed E-state index contributed by atoms with van der Waals surface area (Å²) in [6, 6.07) is 4.47. The van der Waals surface area contributed by atoms with E-state index < -0.39 is 16.4 Å². The third-order valence-electron chi connectivity index (χ3n) is 2.92. The summed E-state index contributed by atoms with van der Waals surface area (Å²) in [7, 11) is 0. The number of anilines is 1. The largest absolute Gasteiger partial charge is 0.312 e. The molecular formula is C12H8Cl3NO3. The molecule has 1 heterocycles. The van der Waals surface area contributed by atoms with Crippen molar-refractivity contribution >= 4 is 56.9 Å². The lowest BCUT2D eigenvalue weighted by molar-refractivity contribution is -0.120. The van der Waals surface area contributed by atoms with Gasteiger partial charge in [-0.05, 0) is 41.4 Å². The second kappa shape index (κ2) is 5.49. The average Bonchev–Trinajstić information content (AvgIpc) is 2.71. The molecule has 1 fully saturated rings. The molecule has 4 nitrogen and oxygen atoms in total. The molecule has 1 saturated heterocycles. The van der Waals surface area contributed by atoms with Crippen LogP contribution >= 0.6 is 34.8 Å². The maximum atomic E-state index is 11.8. The maximum absolute atomic E-state index is 11.8. The standard InChI is InChI=1S/C12H8Cl3NO3/c13-9-4-7(1-2-8(9)12(15)19)16-5-6(11(14)18)3-10(16)17/h1-2,4,6H,3,5H2/t6-/m0/s1. The molecular weight excluding hydrogens is 312 g/mol. The zero-order valence-electron chi connectivity index (χ0n) is 9.53. The van der Waals surface area contributed by atoms with Gasteiger partial charge in [0.15, 0.2) is 0 Å². The van der Waals surface area contributed by atoms with Crippen molar-refractivity contribution in [2.75, 3.05) is 11.4 Å². The van der Waals surface area contributed by atoms with E-state index in [1.54, 1.807) is 6.07 Å². The van der Waals surface area contributed by atoms with Crippen LogP contribution < -0.4 is 4.90 Å². The van der Waals surface area contributed by atoms with Crippen LogP contribution in [-0.4, -0.2) is 22.9 Å². The summed E-state index contributed by atoms with van der Waals surface area (Å²) in [6.45, 7) is 0.214. The molecule has 1 aromatic carbocycles. The Labute approximate surface area is 124 Å². The van der Waals surface area contributed by atoms with Gasteiger partial charge in [0.1, 0.15) is 0 Å². The molecule has 0 saturated carbocycles. The van der Waals surface area contributed by atoms with E-state index in [2.05, 4.69) is 0 Å². The van der Waals surface area contributed by atoms with Gasteiger partial charge in [0.2, 0.25) is 11.1 Å². The lowest BCUT2D eigenvalue weighted by atomic mass is 10.1. The predicted molar refractivity (Wildman–Crippen MR) is 73.0 cm³/mol. The molecule has 0 unspecified atom stereocenters. The normalized spacial score (nSPS) is 18.8. The zero-order chi connectivity index (χ0) is 14.2. The third-order valence-corrected chi connectivity index (χ3v) is 3.75. The van der Waals surface area contributed by atoms with Crippen LogP contribution in [-0.2, 0) is 9.59 Å². The van der Waals surface area contributed by atoms with Gasteiger partial charge in [-0.25, -0.2) is 0 Å². The maximum Gasteiger partial charge on any atom is 0.253 e. The summed E-state index contributed by atoms with van der Waals surface area (Å²) < 4.78 is 0. The highest BCUT2D eigenvalue weighted by Gasteiger charge is 2.34. The minimum Gasteiger partial charge on any atom is -0.312 e. The van der Waals surface area contributed by atoms with Crippen LogP contribution in [0.5, 0.6) is 0 Å². The van der Waals surface area contributed by atoms with Gasteiger partial charge in [0.05, 0.1) is 16.5 Å². The van der Waals surface area contributed by atoms with Crippen LogP contribution in [0.2, 0.25) is 5.02 Å². The second-order valence-corrected chi connectivity index (χ2v) is 5.27. The SMILES string of the molecule is O=C(Cl)c1ccc(N2C[C@@H](C(=O)Cl)CC2=O)cc1Cl. The van der Waals surface area contributed by atoms with Gasteiger partial charge in [-0.15, -0.1) is 0 Å². The first kappa shape index (κ1) is 14.3. The van der Waals surface area contributed by atoms with Crippen molar-refractivity contribution < 1.29 is 14.4 Å². The molecule has 2 rings (SSSR count). The molecule has 0 aromatic heterocycles. The predicted octanol–water partition coefficient (Wildman–Crippen LogP) is 2.84. The van der Waals surface area contributed by atoms with Gasteiger partial charge in [-0.2, -0.15) is 0 Å². The topological polar surface area (TPSA) is 54.5 Å². The molecule has 19 heavy (non-hydrogen) atoms. The minimum atomic E-state index is -0.668. The Morgan fingerprint density at radius 2 is 1.95 bits per heavy atom. The monoisotopic (exact) mass is 319 g/mol. The third kappa shape index (κ3) is 2.91. The van der Waals surface area contributed by atoms with E-state index in [1.165, 1.54) is 17.0 Å². The number of carbonyl (C=O) groups is 3. The molecule has 1 atom stereocenters. The number of rotatable bonds is 3. The van der Waals surface area contributed by atoms with Crippen molar-refractivity contribution in [2.24, 2.45) is 5.92 Å². The molecule has 0 radical (unpaired) electrons. The average molecular weight is 321 g/mol. The number of halogens is 3. The molecule has 0 spiro atoms. The summed E-state index contributed by atoms with van der Waals surface area (Å²) in [6.07, 6.45) is 0.0795. The van der Waals surface area contributed by atoms with Crippen molar-refractivity contribution in [3.63, 3.8) is 0 Å². The van der Waals surface area contributed by atoms with Gasteiger partial charge in [0.25, 0.3) is 5.24 Å². The van der Waals surface area contributed by atoms with Crippen molar-refractivity contribution in [3.05, 3.63) is 28.8 Å². The van der Waals surface area contributed by atoms with Crippen molar-refractivity contribution in [3.8, 4) is 0 Å². The summed E-state index contributed by atoms with van der Waals surface area (Å²) in [5.74, 6) is -0.720. The Bertz CT molecular complexity index is 573. The second-order valence-electron chi connectivity index (χ2n) is 4.15. The lowest BCUT2D eigenvalue weighted by Gasteiger charge is -2.16. The number of benzene rings is 1. The molecule has 1 amide bonds. The van der Waals surface area contributed by atoms with Crippen LogP contribution in [0.4, 0.5) is 5.69 Å². The molecule has 0 aliphatic carbocycles. The molecule has 1 aromatic rings. The first-order valence-corrected chi connectivity index (χ1v) is 6.52. The van der Waals surface area contributed by atoms with Gasteiger partial charge in [0, 0.05) is 18.7 Å². The smallest absolute Gasteiger partial charge is 0.253 e. The highest BCUT2D eigenvalue weighted by atomic mass is 35.5. The number of nitrogens with zero attached hydrogens (tertiary/aromatic N) is 1. The fraction of sp³-hybridized carbons (Fsp3) is 0.250. The highest BCUT2D eigenvalue weighted by Crippen LogP contribution is 2.30. The quantitative estimate of drug-likeness (QED) is 0.805. The molecule has 1 aliphatic heterocycles. The van der Waals surface area contributed by atoms with E-state index in [0.29, 0.717) is 5.69 Å². The van der Waals surface area contributed by atoms with E-state index in [0.717, 1.165) is 0 Å². The Morgan fingerprint density at radius 3 is 2.42 bits per heavy atom. The highest BCUT2D eigenvalue weighted by molar-refractivity contribution is 6.68. The number of hydrogen-bond acceptors (Lipinski definition) is 3. The van der Waals surface area contributed by atoms with E-state index in [4.69, 9.17) is 34.8 Å². The fourth-order valence-electron chi connectivity index (χ4n) is 1.94. The fourth-order valence-corrected chi connectivity index (χ4v) is 2.56. The van der Waals surface area contributed by atoms with Gasteiger partial charge < -0.3 is 4.90 Å². The van der Waals surface area contributed by atoms with Crippen LogP contribution in [0.3, 0.4) is 0 Å². The van der Waals surface area contributed by atoms with E-state index in [9.17, 15) is 14.4 Å². The van der Waals surface area contributed by atoms with Gasteiger partial charge in [-0.1, -0.05) is 11.6 Å². The van der Waals surface area contributed by atoms with Gasteiger partial charge >= 0.3 is 0 Å². The summed E-state index contributed by atoms with van der Waals surface area (Å²) in [5.41, 5.74) is 0.681. The molecule has 1 aliphatic rings. The van der Waals surface area contributed by atoms with E-state index >= 15 is 0 Å². The first-order chi connectivity index (χ1) is 8.90. The molecule has 0 bridgehead atoms. The van der Waals surface area contributed by atoms with Crippen LogP contribution in [0.25, 0.3) is 0 Å². The number of carbonyl (C=O) groups excluding carboxylic acids is 3. The van der Waals surface area contributed by atoms with Crippen molar-refractivity contribution in [1.82, 2.24) is 0 Å².